The number of carbonyl (C=O) groups is 3. The van der Waals surface area contributed by atoms with E-state index in [0.717, 1.165) is 13.2 Å². The van der Waals surface area contributed by atoms with Gasteiger partial charge >= 0.3 is 12.1 Å². The highest BCUT2D eigenvalue weighted by Gasteiger charge is 2.34. The zero-order chi connectivity index (χ0) is 21.8. The predicted molar refractivity (Wildman–Crippen MR) is 101 cm³/mol. The van der Waals surface area contributed by atoms with Crippen molar-refractivity contribution in [3.05, 3.63) is 29.3 Å². The fourth-order valence-corrected chi connectivity index (χ4v) is 3.98. The Morgan fingerprint density at radius 2 is 2.00 bits per heavy atom. The number of halogens is 3. The molecular formula is C17H19F3N4O4S. The maximum atomic E-state index is 13.1. The summed E-state index contributed by atoms with van der Waals surface area (Å²) >= 11 is 0. The van der Waals surface area contributed by atoms with Gasteiger partial charge < -0.3 is 15.4 Å². The van der Waals surface area contributed by atoms with Crippen LogP contribution in [-0.2, 0) is 31.2 Å². The van der Waals surface area contributed by atoms with Crippen LogP contribution in [0.2, 0.25) is 0 Å². The number of methoxy groups -OCH3 is 1. The molecule has 1 aromatic rings. The van der Waals surface area contributed by atoms with Gasteiger partial charge in [0.25, 0.3) is 0 Å². The van der Waals surface area contributed by atoms with Crippen LogP contribution in [0.25, 0.3) is 0 Å². The molecule has 1 aromatic carbocycles. The van der Waals surface area contributed by atoms with Crippen LogP contribution in [0.4, 0.5) is 18.9 Å². The van der Waals surface area contributed by atoms with E-state index < -0.39 is 39.6 Å². The summed E-state index contributed by atoms with van der Waals surface area (Å²) in [5.41, 5.74) is -1.03. The Labute approximate surface area is 167 Å². The molecule has 2 atom stereocenters. The lowest BCUT2D eigenvalue weighted by molar-refractivity contribution is -0.137. The van der Waals surface area contributed by atoms with Crippen LogP contribution < -0.4 is 10.6 Å². The molecule has 12 heteroatoms. The fraction of sp³-hybridized carbons (Fsp3) is 0.412. The summed E-state index contributed by atoms with van der Waals surface area (Å²) < 4.78 is 47.8. The van der Waals surface area contributed by atoms with Gasteiger partial charge in [-0.05, 0) is 42.7 Å². The quantitative estimate of drug-likeness (QED) is 0.423. The molecule has 0 aromatic heterocycles. The third-order valence-electron chi connectivity index (χ3n) is 3.70. The molecule has 1 aliphatic rings. The largest absolute Gasteiger partial charge is 0.465 e. The minimum Gasteiger partial charge on any atom is -0.465 e. The number of nitrogens with one attached hydrogen (secondary N) is 2. The number of alkyl halides is 3. The first-order valence-corrected chi connectivity index (χ1v) is 9.72. The Morgan fingerprint density at radius 3 is 2.59 bits per heavy atom. The summed E-state index contributed by atoms with van der Waals surface area (Å²) in [6, 6.07) is 2.41. The van der Waals surface area contributed by atoms with E-state index in [9.17, 15) is 27.6 Å². The van der Waals surface area contributed by atoms with Crippen molar-refractivity contribution in [1.82, 2.24) is 5.32 Å². The van der Waals surface area contributed by atoms with Gasteiger partial charge in [-0.2, -0.15) is 18.3 Å². The van der Waals surface area contributed by atoms with Gasteiger partial charge in [0.15, 0.2) is 0 Å². The van der Waals surface area contributed by atoms with E-state index in [2.05, 4.69) is 24.9 Å². The van der Waals surface area contributed by atoms with Gasteiger partial charge in [-0.1, -0.05) is 0 Å². The summed E-state index contributed by atoms with van der Waals surface area (Å²) in [5, 5.41) is 8.04. The monoisotopic (exact) mass is 432 g/mol. The number of carbonyl (C=O) groups excluding carboxylic acids is 3. The Hall–Kier alpha value is -2.76. The molecule has 1 fully saturated rings. The van der Waals surface area contributed by atoms with Crippen LogP contribution in [-0.4, -0.2) is 41.7 Å². The van der Waals surface area contributed by atoms with Crippen molar-refractivity contribution in [2.45, 2.75) is 31.7 Å². The smallest absolute Gasteiger partial charge is 0.416 e. The molecule has 1 aliphatic heterocycles. The number of hydrogen-bond acceptors (Lipinski definition) is 5. The average Bonchev–Trinajstić information content (AvgIpc) is 2.98. The predicted octanol–water partition coefficient (Wildman–Crippen LogP) is 2.47. The molecule has 8 nitrogen and oxygen atoms in total. The molecular weight excluding hydrogens is 413 g/mol. The van der Waals surface area contributed by atoms with E-state index in [4.69, 9.17) is 0 Å². The second-order valence-corrected chi connectivity index (χ2v) is 8.07. The van der Waals surface area contributed by atoms with Crippen LogP contribution in [0.3, 0.4) is 0 Å². The van der Waals surface area contributed by atoms with Crippen LogP contribution in [0.1, 0.15) is 36.2 Å². The van der Waals surface area contributed by atoms with Crippen molar-refractivity contribution in [3.63, 3.8) is 0 Å². The molecule has 2 unspecified atom stereocenters. The summed E-state index contributed by atoms with van der Waals surface area (Å²) in [6.07, 6.45) is -5.02. The van der Waals surface area contributed by atoms with Gasteiger partial charge in [-0.3, -0.25) is 9.59 Å². The molecule has 2 N–H and O–H groups in total. The van der Waals surface area contributed by atoms with Gasteiger partial charge in [0.1, 0.15) is 5.25 Å². The SMILES string of the molecule is COC(=O)c1cc(NC(=O)CC2C(=O)NC/S2=N\N=C(C)C)cc(C(F)(F)F)c1. The summed E-state index contributed by atoms with van der Waals surface area (Å²) in [6.45, 7) is 3.46. The van der Waals surface area contributed by atoms with Crippen LogP contribution >= 0.6 is 0 Å². The van der Waals surface area contributed by atoms with Crippen molar-refractivity contribution < 1.29 is 32.3 Å². The van der Waals surface area contributed by atoms with E-state index in [1.807, 2.05) is 0 Å². The maximum Gasteiger partial charge on any atom is 0.416 e. The van der Waals surface area contributed by atoms with Gasteiger partial charge in [0.05, 0.1) is 24.1 Å². The number of esters is 1. The number of rotatable bonds is 5. The number of benzene rings is 1. The third-order valence-corrected chi connectivity index (χ3v) is 5.47. The Bertz CT molecular complexity index is 895. The summed E-state index contributed by atoms with van der Waals surface area (Å²) in [4.78, 5) is 36.0. The van der Waals surface area contributed by atoms with E-state index in [1.54, 1.807) is 13.8 Å². The zero-order valence-corrected chi connectivity index (χ0v) is 16.6. The first-order chi connectivity index (χ1) is 13.5. The van der Waals surface area contributed by atoms with Crippen molar-refractivity contribution in [1.29, 1.82) is 0 Å². The Morgan fingerprint density at radius 1 is 1.31 bits per heavy atom. The molecule has 0 radical (unpaired) electrons. The van der Waals surface area contributed by atoms with Crippen molar-refractivity contribution in [2.75, 3.05) is 18.3 Å². The lowest BCUT2D eigenvalue weighted by Gasteiger charge is -2.13. The van der Waals surface area contributed by atoms with E-state index in [1.165, 1.54) is 0 Å². The van der Waals surface area contributed by atoms with E-state index in [-0.39, 0.29) is 29.5 Å². The molecule has 1 heterocycles. The van der Waals surface area contributed by atoms with Crippen molar-refractivity contribution >= 4 is 39.9 Å². The standard InChI is InChI=1S/C17H19F3N4O4S/c1-9(2)23-24-29-8-21-15(26)13(29)7-14(25)22-12-5-10(16(27)28-3)4-11(6-12)17(18,19)20/h4-6,13H,7-8H2,1-3H3,(H,21,26)(H,22,25). The topological polar surface area (TPSA) is 109 Å². The minimum atomic E-state index is -4.73. The molecule has 0 aliphatic carbocycles. The molecule has 158 valence electrons. The molecule has 1 saturated heterocycles. The van der Waals surface area contributed by atoms with Crippen molar-refractivity contribution in [2.24, 2.45) is 9.57 Å². The van der Waals surface area contributed by atoms with Crippen LogP contribution in [0.15, 0.2) is 27.8 Å². The lowest BCUT2D eigenvalue weighted by atomic mass is 10.1. The van der Waals surface area contributed by atoms with E-state index in [0.29, 0.717) is 17.8 Å². The first-order valence-electron chi connectivity index (χ1n) is 8.31. The van der Waals surface area contributed by atoms with Crippen LogP contribution in [0.5, 0.6) is 0 Å². The molecule has 0 saturated carbocycles. The number of anilines is 1. The van der Waals surface area contributed by atoms with Crippen molar-refractivity contribution in [3.8, 4) is 0 Å². The summed E-state index contributed by atoms with van der Waals surface area (Å²) in [7, 11) is 0.168. The normalized spacial score (nSPS) is 18.9. The van der Waals surface area contributed by atoms with Gasteiger partial charge in [-0.25, -0.2) is 4.79 Å². The number of hydrogen-bond donors (Lipinski definition) is 2. The second kappa shape index (κ2) is 9.16. The van der Waals surface area contributed by atoms with Gasteiger partial charge in [-0.15, -0.1) is 4.47 Å². The minimum absolute atomic E-state index is 0.233. The zero-order valence-electron chi connectivity index (χ0n) is 15.8. The molecule has 2 rings (SSSR count). The number of nitrogens with zero attached hydrogens (tertiary/aromatic N) is 2. The van der Waals surface area contributed by atoms with Gasteiger partial charge in [0, 0.05) is 17.8 Å². The number of ether oxygens (including phenoxy) is 1. The highest BCUT2D eigenvalue weighted by Crippen LogP contribution is 2.32. The fourth-order valence-electron chi connectivity index (χ4n) is 2.37. The lowest BCUT2D eigenvalue weighted by Crippen LogP contribution is -2.29. The molecule has 2 amide bonds. The highest BCUT2D eigenvalue weighted by atomic mass is 32.2. The van der Waals surface area contributed by atoms with Crippen LogP contribution in [0, 0.1) is 0 Å². The highest BCUT2D eigenvalue weighted by molar-refractivity contribution is 7.89. The third kappa shape index (κ3) is 6.11. The molecule has 29 heavy (non-hydrogen) atoms. The molecule has 0 spiro atoms. The average molecular weight is 432 g/mol. The Balaban J connectivity index is 2.23. The first kappa shape index (κ1) is 22.5. The maximum absolute atomic E-state index is 13.1. The van der Waals surface area contributed by atoms with E-state index >= 15 is 0 Å². The molecule has 0 bridgehead atoms. The number of amides is 2. The summed E-state index contributed by atoms with van der Waals surface area (Å²) in [5.74, 6) is -1.80. The van der Waals surface area contributed by atoms with Gasteiger partial charge in [0.2, 0.25) is 11.8 Å². The Kier molecular flexibility index (Phi) is 7.11. The second-order valence-electron chi connectivity index (χ2n) is 6.24.